The third-order valence-electron chi connectivity index (χ3n) is 2.95. The summed E-state index contributed by atoms with van der Waals surface area (Å²) in [6, 6.07) is 12.4. The minimum Gasteiger partial charge on any atom is -0.396 e. The van der Waals surface area contributed by atoms with Gasteiger partial charge in [-0.3, -0.25) is 0 Å². The molecule has 0 saturated carbocycles. The lowest BCUT2D eigenvalue weighted by atomic mass is 10.1. The molecule has 0 aliphatic heterocycles. The lowest BCUT2D eigenvalue weighted by molar-refractivity contribution is 0.275. The van der Waals surface area contributed by atoms with Crippen LogP contribution in [0.1, 0.15) is 13.3 Å². The molecule has 2 N–H and O–H groups in total. The zero-order valence-electron chi connectivity index (χ0n) is 10.7. The molecule has 0 bridgehead atoms. The van der Waals surface area contributed by atoms with E-state index in [9.17, 15) is 8.42 Å². The van der Waals surface area contributed by atoms with Crippen molar-refractivity contribution in [1.82, 2.24) is 4.72 Å². The van der Waals surface area contributed by atoms with Crippen molar-refractivity contribution < 1.29 is 13.5 Å². The number of aliphatic hydroxyl groups is 1. The Labute approximate surface area is 113 Å². The standard InChI is InChI=1S/C14H17NO3S/c1-11(8-9-16)15-19(17,18)14-7-6-12-4-2-3-5-13(12)10-14/h2-7,10-11,15-16H,8-9H2,1H3. The summed E-state index contributed by atoms with van der Waals surface area (Å²) in [7, 11) is -3.53. The Morgan fingerprint density at radius 3 is 2.53 bits per heavy atom. The van der Waals surface area contributed by atoms with Crippen LogP contribution in [0.5, 0.6) is 0 Å². The summed E-state index contributed by atoms with van der Waals surface area (Å²) in [5.74, 6) is 0. The third-order valence-corrected chi connectivity index (χ3v) is 4.54. The van der Waals surface area contributed by atoms with Crippen LogP contribution >= 0.6 is 0 Å². The van der Waals surface area contributed by atoms with Gasteiger partial charge in [-0.1, -0.05) is 30.3 Å². The van der Waals surface area contributed by atoms with Crippen molar-refractivity contribution in [2.45, 2.75) is 24.3 Å². The molecule has 0 spiro atoms. The van der Waals surface area contributed by atoms with Gasteiger partial charge in [0.1, 0.15) is 0 Å². The smallest absolute Gasteiger partial charge is 0.240 e. The summed E-state index contributed by atoms with van der Waals surface area (Å²) < 4.78 is 26.9. The van der Waals surface area contributed by atoms with E-state index in [4.69, 9.17) is 5.11 Å². The van der Waals surface area contributed by atoms with E-state index < -0.39 is 10.0 Å². The summed E-state index contributed by atoms with van der Waals surface area (Å²) in [4.78, 5) is 0.246. The van der Waals surface area contributed by atoms with Gasteiger partial charge in [0.05, 0.1) is 4.90 Å². The van der Waals surface area contributed by atoms with E-state index in [1.165, 1.54) is 0 Å². The Kier molecular flexibility index (Phi) is 4.19. The number of hydrogen-bond acceptors (Lipinski definition) is 3. The fraction of sp³-hybridized carbons (Fsp3) is 0.286. The predicted octanol–water partition coefficient (Wildman–Crippen LogP) is 1.89. The van der Waals surface area contributed by atoms with Crippen molar-refractivity contribution in [2.75, 3.05) is 6.61 Å². The molecule has 0 saturated heterocycles. The van der Waals surface area contributed by atoms with Gasteiger partial charge >= 0.3 is 0 Å². The molecule has 0 radical (unpaired) electrons. The van der Waals surface area contributed by atoms with Gasteiger partial charge in [0, 0.05) is 12.6 Å². The molecule has 2 rings (SSSR count). The molecule has 0 aromatic heterocycles. The summed E-state index contributed by atoms with van der Waals surface area (Å²) in [5, 5.41) is 10.7. The highest BCUT2D eigenvalue weighted by Crippen LogP contribution is 2.19. The largest absolute Gasteiger partial charge is 0.396 e. The van der Waals surface area contributed by atoms with Gasteiger partial charge < -0.3 is 5.11 Å². The van der Waals surface area contributed by atoms with Crippen molar-refractivity contribution in [3.8, 4) is 0 Å². The Bertz CT molecular complexity index is 667. The molecule has 2 aromatic carbocycles. The quantitative estimate of drug-likeness (QED) is 0.878. The molecular weight excluding hydrogens is 262 g/mol. The Balaban J connectivity index is 2.32. The minimum atomic E-state index is -3.53. The lowest BCUT2D eigenvalue weighted by Crippen LogP contribution is -2.33. The van der Waals surface area contributed by atoms with Gasteiger partial charge in [-0.25, -0.2) is 13.1 Å². The van der Waals surface area contributed by atoms with Gasteiger partial charge in [0.25, 0.3) is 0 Å². The van der Waals surface area contributed by atoms with Crippen molar-refractivity contribution in [3.63, 3.8) is 0 Å². The topological polar surface area (TPSA) is 66.4 Å². The molecule has 0 heterocycles. The SMILES string of the molecule is CC(CCO)NS(=O)(=O)c1ccc2ccccc2c1. The lowest BCUT2D eigenvalue weighted by Gasteiger charge is -2.13. The van der Waals surface area contributed by atoms with Crippen LogP contribution in [-0.4, -0.2) is 26.2 Å². The monoisotopic (exact) mass is 279 g/mol. The molecule has 0 aliphatic carbocycles. The molecule has 4 nitrogen and oxygen atoms in total. The van der Waals surface area contributed by atoms with E-state index in [2.05, 4.69) is 4.72 Å². The van der Waals surface area contributed by atoms with Crippen LogP contribution in [0.3, 0.4) is 0 Å². The summed E-state index contributed by atoms with van der Waals surface area (Å²) >= 11 is 0. The average molecular weight is 279 g/mol. The van der Waals surface area contributed by atoms with Crippen LogP contribution in [0.4, 0.5) is 0 Å². The fourth-order valence-electron chi connectivity index (χ4n) is 1.92. The number of nitrogens with one attached hydrogen (secondary N) is 1. The molecule has 0 aliphatic rings. The predicted molar refractivity (Wildman–Crippen MR) is 75.4 cm³/mol. The second-order valence-electron chi connectivity index (χ2n) is 4.54. The normalized spacial score (nSPS) is 13.6. The van der Waals surface area contributed by atoms with Crippen molar-refractivity contribution >= 4 is 20.8 Å². The third kappa shape index (κ3) is 3.32. The van der Waals surface area contributed by atoms with E-state index >= 15 is 0 Å². The maximum atomic E-state index is 12.2. The second-order valence-corrected chi connectivity index (χ2v) is 6.26. The van der Waals surface area contributed by atoms with Crippen molar-refractivity contribution in [2.24, 2.45) is 0 Å². The Morgan fingerprint density at radius 1 is 1.16 bits per heavy atom. The molecule has 5 heteroatoms. The molecule has 1 unspecified atom stereocenters. The minimum absolute atomic E-state index is 0.0403. The highest BCUT2D eigenvalue weighted by Gasteiger charge is 2.17. The molecule has 0 fully saturated rings. The second kappa shape index (κ2) is 5.69. The van der Waals surface area contributed by atoms with Crippen LogP contribution < -0.4 is 4.72 Å². The van der Waals surface area contributed by atoms with Crippen molar-refractivity contribution in [1.29, 1.82) is 0 Å². The summed E-state index contributed by atoms with van der Waals surface area (Å²) in [6.45, 7) is 1.69. The molecule has 102 valence electrons. The number of sulfonamides is 1. The Hall–Kier alpha value is -1.43. The Morgan fingerprint density at radius 2 is 1.84 bits per heavy atom. The first-order chi connectivity index (χ1) is 9.03. The average Bonchev–Trinajstić information content (AvgIpc) is 2.37. The number of fused-ring (bicyclic) bond motifs is 1. The highest BCUT2D eigenvalue weighted by molar-refractivity contribution is 7.89. The fourth-order valence-corrected chi connectivity index (χ4v) is 3.23. The maximum absolute atomic E-state index is 12.2. The van der Waals surface area contributed by atoms with E-state index in [0.29, 0.717) is 6.42 Å². The van der Waals surface area contributed by atoms with Crippen LogP contribution in [-0.2, 0) is 10.0 Å². The van der Waals surface area contributed by atoms with Gasteiger partial charge in [-0.15, -0.1) is 0 Å². The number of rotatable bonds is 5. The molecular formula is C14H17NO3S. The van der Waals surface area contributed by atoms with Crippen LogP contribution in [0.25, 0.3) is 10.8 Å². The molecule has 1 atom stereocenters. The summed E-state index contributed by atoms with van der Waals surface area (Å²) in [6.07, 6.45) is 0.396. The van der Waals surface area contributed by atoms with Crippen LogP contribution in [0, 0.1) is 0 Å². The zero-order valence-corrected chi connectivity index (χ0v) is 11.5. The molecule has 2 aromatic rings. The first-order valence-electron chi connectivity index (χ1n) is 6.15. The maximum Gasteiger partial charge on any atom is 0.240 e. The number of aliphatic hydroxyl groups excluding tert-OH is 1. The van der Waals surface area contributed by atoms with Gasteiger partial charge in [-0.05, 0) is 36.2 Å². The van der Waals surface area contributed by atoms with E-state index in [1.54, 1.807) is 25.1 Å². The van der Waals surface area contributed by atoms with Crippen LogP contribution in [0.15, 0.2) is 47.4 Å². The van der Waals surface area contributed by atoms with Gasteiger partial charge in [-0.2, -0.15) is 0 Å². The first-order valence-corrected chi connectivity index (χ1v) is 7.63. The van der Waals surface area contributed by atoms with Crippen molar-refractivity contribution in [3.05, 3.63) is 42.5 Å². The number of hydrogen-bond donors (Lipinski definition) is 2. The van der Waals surface area contributed by atoms with Gasteiger partial charge in [0.2, 0.25) is 10.0 Å². The highest BCUT2D eigenvalue weighted by atomic mass is 32.2. The number of benzene rings is 2. The summed E-state index contributed by atoms with van der Waals surface area (Å²) in [5.41, 5.74) is 0. The van der Waals surface area contributed by atoms with E-state index in [1.807, 2.05) is 24.3 Å². The van der Waals surface area contributed by atoms with Crippen LogP contribution in [0.2, 0.25) is 0 Å². The van der Waals surface area contributed by atoms with Gasteiger partial charge in [0.15, 0.2) is 0 Å². The van der Waals surface area contributed by atoms with E-state index in [-0.39, 0.29) is 17.5 Å². The zero-order chi connectivity index (χ0) is 13.9. The molecule has 19 heavy (non-hydrogen) atoms. The first kappa shape index (κ1) is 14.0. The van der Waals surface area contributed by atoms with E-state index in [0.717, 1.165) is 10.8 Å². The molecule has 0 amide bonds.